The summed E-state index contributed by atoms with van der Waals surface area (Å²) in [6, 6.07) is 6.70. The highest BCUT2D eigenvalue weighted by molar-refractivity contribution is 9.10. The van der Waals surface area contributed by atoms with Crippen LogP contribution in [0.2, 0.25) is 0 Å². The van der Waals surface area contributed by atoms with Crippen molar-refractivity contribution in [3.05, 3.63) is 33.8 Å². The molecule has 1 aliphatic rings. The maximum atomic E-state index is 6.06. The Morgan fingerprint density at radius 2 is 2.08 bits per heavy atom. The van der Waals surface area contributed by atoms with Gasteiger partial charge < -0.3 is 5.73 Å². The fourth-order valence-corrected chi connectivity index (χ4v) is 2.43. The summed E-state index contributed by atoms with van der Waals surface area (Å²) in [7, 11) is 0. The SMILES string of the molecule is CC1CC[C@H](N)c2cc(Br)ccc21. The molecule has 1 nitrogen and oxygen atoms in total. The van der Waals surface area contributed by atoms with Crippen LogP contribution in [0.4, 0.5) is 0 Å². The Morgan fingerprint density at radius 3 is 2.85 bits per heavy atom. The maximum absolute atomic E-state index is 6.06. The molecule has 1 aromatic carbocycles. The fraction of sp³-hybridized carbons (Fsp3) is 0.455. The highest BCUT2D eigenvalue weighted by atomic mass is 79.9. The van der Waals surface area contributed by atoms with Gasteiger partial charge in [-0.25, -0.2) is 0 Å². The van der Waals surface area contributed by atoms with Crippen molar-refractivity contribution in [2.24, 2.45) is 5.73 Å². The van der Waals surface area contributed by atoms with Crippen LogP contribution in [0.1, 0.15) is 42.9 Å². The summed E-state index contributed by atoms with van der Waals surface area (Å²) in [4.78, 5) is 0. The topological polar surface area (TPSA) is 26.0 Å². The molecule has 1 aliphatic carbocycles. The molecule has 0 spiro atoms. The molecule has 0 saturated heterocycles. The van der Waals surface area contributed by atoms with E-state index in [0.717, 1.165) is 10.9 Å². The first-order valence-electron chi connectivity index (χ1n) is 4.73. The van der Waals surface area contributed by atoms with E-state index < -0.39 is 0 Å². The molecule has 70 valence electrons. The summed E-state index contributed by atoms with van der Waals surface area (Å²) in [5.41, 5.74) is 8.82. The Kier molecular flexibility index (Phi) is 2.43. The third kappa shape index (κ3) is 1.65. The van der Waals surface area contributed by atoms with Crippen molar-refractivity contribution in [3.8, 4) is 0 Å². The average Bonchev–Trinajstić information content (AvgIpc) is 2.12. The molecule has 0 fully saturated rings. The van der Waals surface area contributed by atoms with Gasteiger partial charge in [-0.05, 0) is 42.0 Å². The van der Waals surface area contributed by atoms with Gasteiger partial charge in [0, 0.05) is 10.5 Å². The summed E-state index contributed by atoms with van der Waals surface area (Å²) < 4.78 is 1.14. The van der Waals surface area contributed by atoms with Crippen LogP contribution >= 0.6 is 15.9 Å². The van der Waals surface area contributed by atoms with E-state index in [1.165, 1.54) is 17.5 Å². The number of hydrogen-bond acceptors (Lipinski definition) is 1. The van der Waals surface area contributed by atoms with Gasteiger partial charge in [-0.1, -0.05) is 28.9 Å². The largest absolute Gasteiger partial charge is 0.324 e. The van der Waals surface area contributed by atoms with Gasteiger partial charge >= 0.3 is 0 Å². The molecule has 13 heavy (non-hydrogen) atoms. The van der Waals surface area contributed by atoms with Gasteiger partial charge in [0.2, 0.25) is 0 Å². The summed E-state index contributed by atoms with van der Waals surface area (Å²) >= 11 is 3.48. The van der Waals surface area contributed by atoms with E-state index in [0.29, 0.717) is 5.92 Å². The average molecular weight is 240 g/mol. The van der Waals surface area contributed by atoms with E-state index in [-0.39, 0.29) is 6.04 Å². The van der Waals surface area contributed by atoms with Crippen molar-refractivity contribution in [3.63, 3.8) is 0 Å². The van der Waals surface area contributed by atoms with Crippen LogP contribution < -0.4 is 5.73 Å². The van der Waals surface area contributed by atoms with Gasteiger partial charge in [0.1, 0.15) is 0 Å². The number of rotatable bonds is 0. The third-order valence-electron chi connectivity index (χ3n) is 2.89. The van der Waals surface area contributed by atoms with Crippen molar-refractivity contribution < 1.29 is 0 Å². The van der Waals surface area contributed by atoms with Crippen molar-refractivity contribution in [1.29, 1.82) is 0 Å². The number of halogens is 1. The second kappa shape index (κ2) is 3.43. The lowest BCUT2D eigenvalue weighted by molar-refractivity contribution is 0.513. The van der Waals surface area contributed by atoms with Gasteiger partial charge in [-0.3, -0.25) is 0 Å². The molecule has 0 heterocycles. The molecule has 2 atom stereocenters. The van der Waals surface area contributed by atoms with Gasteiger partial charge in [0.15, 0.2) is 0 Å². The van der Waals surface area contributed by atoms with Crippen molar-refractivity contribution in [2.75, 3.05) is 0 Å². The second-order valence-electron chi connectivity index (χ2n) is 3.86. The third-order valence-corrected chi connectivity index (χ3v) is 3.38. The summed E-state index contributed by atoms with van der Waals surface area (Å²) in [6.45, 7) is 2.28. The normalized spacial score (nSPS) is 27.0. The zero-order chi connectivity index (χ0) is 9.42. The molecule has 0 radical (unpaired) electrons. The van der Waals surface area contributed by atoms with Crippen LogP contribution in [0.25, 0.3) is 0 Å². The van der Waals surface area contributed by atoms with Gasteiger partial charge in [0.05, 0.1) is 0 Å². The first-order chi connectivity index (χ1) is 6.18. The van der Waals surface area contributed by atoms with E-state index in [4.69, 9.17) is 5.73 Å². The minimum Gasteiger partial charge on any atom is -0.324 e. The van der Waals surface area contributed by atoms with E-state index >= 15 is 0 Å². The Bertz CT molecular complexity index is 322. The highest BCUT2D eigenvalue weighted by Gasteiger charge is 2.21. The molecule has 0 aliphatic heterocycles. The zero-order valence-corrected chi connectivity index (χ0v) is 9.34. The predicted octanol–water partition coefficient (Wildman–Crippen LogP) is 3.35. The van der Waals surface area contributed by atoms with E-state index in [1.807, 2.05) is 0 Å². The molecule has 2 rings (SSSR count). The lowest BCUT2D eigenvalue weighted by Gasteiger charge is -2.27. The Balaban J connectivity index is 2.50. The van der Waals surface area contributed by atoms with Crippen LogP contribution in [-0.4, -0.2) is 0 Å². The summed E-state index contributed by atoms with van der Waals surface area (Å²) in [6.07, 6.45) is 2.33. The number of benzene rings is 1. The quantitative estimate of drug-likeness (QED) is 0.739. The van der Waals surface area contributed by atoms with Gasteiger partial charge in [0.25, 0.3) is 0 Å². The van der Waals surface area contributed by atoms with E-state index in [9.17, 15) is 0 Å². The molecule has 0 saturated carbocycles. The molecule has 2 heteroatoms. The molecule has 0 bridgehead atoms. The molecular weight excluding hydrogens is 226 g/mol. The van der Waals surface area contributed by atoms with E-state index in [2.05, 4.69) is 41.1 Å². The van der Waals surface area contributed by atoms with Gasteiger partial charge in [-0.15, -0.1) is 0 Å². The molecule has 1 unspecified atom stereocenters. The minimum absolute atomic E-state index is 0.240. The standard InChI is InChI=1S/C11H14BrN/c1-7-2-5-11(13)10-6-8(12)3-4-9(7)10/h3-4,6-7,11H,2,5,13H2,1H3/t7?,11-/m0/s1. The Labute approximate surface area is 87.5 Å². The van der Waals surface area contributed by atoms with Crippen molar-refractivity contribution >= 4 is 15.9 Å². The number of hydrogen-bond donors (Lipinski definition) is 1. The van der Waals surface area contributed by atoms with Crippen LogP contribution in [0.3, 0.4) is 0 Å². The predicted molar refractivity (Wildman–Crippen MR) is 58.7 cm³/mol. The number of nitrogens with two attached hydrogens (primary N) is 1. The maximum Gasteiger partial charge on any atom is 0.0298 e. The van der Waals surface area contributed by atoms with Gasteiger partial charge in [-0.2, -0.15) is 0 Å². The fourth-order valence-electron chi connectivity index (χ4n) is 2.06. The van der Waals surface area contributed by atoms with Crippen molar-refractivity contribution in [2.45, 2.75) is 31.7 Å². The first kappa shape index (κ1) is 9.22. The molecule has 0 aromatic heterocycles. The highest BCUT2D eigenvalue weighted by Crippen LogP contribution is 2.37. The molecular formula is C11H14BrN. The Morgan fingerprint density at radius 1 is 1.31 bits per heavy atom. The first-order valence-corrected chi connectivity index (χ1v) is 5.52. The van der Waals surface area contributed by atoms with Crippen molar-refractivity contribution in [1.82, 2.24) is 0 Å². The zero-order valence-electron chi connectivity index (χ0n) is 7.76. The summed E-state index contributed by atoms with van der Waals surface area (Å²) in [5, 5.41) is 0. The second-order valence-corrected chi connectivity index (χ2v) is 4.77. The van der Waals surface area contributed by atoms with E-state index in [1.54, 1.807) is 0 Å². The smallest absolute Gasteiger partial charge is 0.0298 e. The molecule has 0 amide bonds. The molecule has 2 N–H and O–H groups in total. The minimum atomic E-state index is 0.240. The molecule has 1 aromatic rings. The van der Waals surface area contributed by atoms with Crippen LogP contribution in [-0.2, 0) is 0 Å². The number of fused-ring (bicyclic) bond motifs is 1. The lowest BCUT2D eigenvalue weighted by atomic mass is 9.81. The Hall–Kier alpha value is -0.340. The monoisotopic (exact) mass is 239 g/mol. The van der Waals surface area contributed by atoms with Crippen LogP contribution in [0.15, 0.2) is 22.7 Å². The van der Waals surface area contributed by atoms with Crippen LogP contribution in [0.5, 0.6) is 0 Å². The summed E-state index contributed by atoms with van der Waals surface area (Å²) in [5.74, 6) is 0.669. The lowest BCUT2D eigenvalue weighted by Crippen LogP contribution is -2.19. The van der Waals surface area contributed by atoms with Crippen LogP contribution in [0, 0.1) is 0 Å².